The lowest BCUT2D eigenvalue weighted by molar-refractivity contribution is 0.266. The second-order valence-corrected chi connectivity index (χ2v) is 7.79. The van der Waals surface area contributed by atoms with Gasteiger partial charge < -0.3 is 5.11 Å². The Kier molecular flexibility index (Phi) is 4.57. The standard InChI is InChI=1S/C7H9BrClNO3S2/c1-10(2-3-11)15(12,13)6-4-5(9)7(8)14-6/h4,11H,2-3H2,1H3. The van der Waals surface area contributed by atoms with Gasteiger partial charge in [0.05, 0.1) is 15.4 Å². The maximum Gasteiger partial charge on any atom is 0.252 e. The first-order valence-corrected chi connectivity index (χ1v) is 7.34. The summed E-state index contributed by atoms with van der Waals surface area (Å²) in [5, 5.41) is 9.04. The molecule has 0 fully saturated rings. The van der Waals surface area contributed by atoms with Gasteiger partial charge >= 0.3 is 0 Å². The summed E-state index contributed by atoms with van der Waals surface area (Å²) in [6.45, 7) is -0.147. The largest absolute Gasteiger partial charge is 0.395 e. The van der Waals surface area contributed by atoms with Gasteiger partial charge in [0.25, 0.3) is 10.0 Å². The van der Waals surface area contributed by atoms with Crippen LogP contribution in [-0.2, 0) is 10.0 Å². The fourth-order valence-electron chi connectivity index (χ4n) is 0.868. The van der Waals surface area contributed by atoms with Crippen LogP contribution in [0.5, 0.6) is 0 Å². The number of aliphatic hydroxyl groups is 1. The summed E-state index contributed by atoms with van der Waals surface area (Å²) in [5.74, 6) is 0. The van der Waals surface area contributed by atoms with Crippen LogP contribution >= 0.6 is 38.9 Å². The van der Waals surface area contributed by atoms with Crippen LogP contribution in [0.15, 0.2) is 14.1 Å². The number of nitrogens with zero attached hydrogens (tertiary/aromatic N) is 1. The fourth-order valence-corrected chi connectivity index (χ4v) is 4.64. The second kappa shape index (κ2) is 5.11. The molecule has 1 aromatic heterocycles. The van der Waals surface area contributed by atoms with E-state index in [9.17, 15) is 8.42 Å². The Morgan fingerprint density at radius 2 is 2.27 bits per heavy atom. The van der Waals surface area contributed by atoms with E-state index < -0.39 is 10.0 Å². The highest BCUT2D eigenvalue weighted by Crippen LogP contribution is 2.35. The summed E-state index contributed by atoms with van der Waals surface area (Å²) in [6, 6.07) is 1.39. The van der Waals surface area contributed by atoms with Gasteiger partial charge in [-0.05, 0) is 22.0 Å². The zero-order valence-electron chi connectivity index (χ0n) is 7.77. The van der Waals surface area contributed by atoms with Crippen molar-refractivity contribution >= 4 is 48.9 Å². The van der Waals surface area contributed by atoms with Gasteiger partial charge in [-0.2, -0.15) is 4.31 Å². The third-order valence-electron chi connectivity index (χ3n) is 1.70. The Balaban J connectivity index is 3.06. The third-order valence-corrected chi connectivity index (χ3v) is 6.48. The van der Waals surface area contributed by atoms with Gasteiger partial charge in [-0.3, -0.25) is 0 Å². The number of sulfonamides is 1. The average molecular weight is 335 g/mol. The van der Waals surface area contributed by atoms with Crippen LogP contribution in [0.1, 0.15) is 0 Å². The highest BCUT2D eigenvalue weighted by Gasteiger charge is 2.23. The van der Waals surface area contributed by atoms with E-state index in [2.05, 4.69) is 15.9 Å². The molecule has 0 bridgehead atoms. The first-order chi connectivity index (χ1) is 6.89. The molecule has 4 nitrogen and oxygen atoms in total. The molecule has 15 heavy (non-hydrogen) atoms. The molecule has 86 valence electrons. The first kappa shape index (κ1) is 13.4. The topological polar surface area (TPSA) is 57.6 Å². The van der Waals surface area contributed by atoms with Gasteiger partial charge in [0.2, 0.25) is 0 Å². The molecular formula is C7H9BrClNO3S2. The maximum atomic E-state index is 11.8. The zero-order chi connectivity index (χ0) is 11.6. The van der Waals surface area contributed by atoms with E-state index in [1.807, 2.05) is 0 Å². The summed E-state index contributed by atoms with van der Waals surface area (Å²) >= 11 is 9.95. The van der Waals surface area contributed by atoms with Gasteiger partial charge in [0, 0.05) is 13.6 Å². The summed E-state index contributed by atoms with van der Waals surface area (Å²) < 4.78 is 25.5. The van der Waals surface area contributed by atoms with Crippen LogP contribution in [0, 0.1) is 0 Å². The Hall–Kier alpha value is 0.340. The smallest absolute Gasteiger partial charge is 0.252 e. The molecule has 0 aliphatic heterocycles. The summed E-state index contributed by atoms with van der Waals surface area (Å²) in [5.41, 5.74) is 0. The zero-order valence-corrected chi connectivity index (χ0v) is 11.7. The number of hydrogen-bond acceptors (Lipinski definition) is 4. The number of aliphatic hydroxyl groups excluding tert-OH is 1. The van der Waals surface area contributed by atoms with Crippen LogP contribution in [-0.4, -0.2) is 38.0 Å². The monoisotopic (exact) mass is 333 g/mol. The van der Waals surface area contributed by atoms with E-state index in [0.717, 1.165) is 15.6 Å². The molecule has 0 aliphatic carbocycles. The Bertz CT molecular complexity index is 426. The van der Waals surface area contributed by atoms with Gasteiger partial charge in [0.1, 0.15) is 4.21 Å². The third kappa shape index (κ3) is 2.92. The van der Waals surface area contributed by atoms with E-state index in [4.69, 9.17) is 16.7 Å². The van der Waals surface area contributed by atoms with E-state index in [0.29, 0.717) is 8.81 Å². The molecule has 0 atom stereocenters. The predicted molar refractivity (Wildman–Crippen MR) is 63.9 cm³/mol. The molecule has 8 heteroatoms. The average Bonchev–Trinajstić information content (AvgIpc) is 2.48. The van der Waals surface area contributed by atoms with Crippen molar-refractivity contribution in [3.8, 4) is 0 Å². The SMILES string of the molecule is CN(CCO)S(=O)(=O)c1cc(Cl)c(Br)s1. The summed E-state index contributed by atoms with van der Waals surface area (Å²) in [6.07, 6.45) is 0. The molecule has 0 amide bonds. The maximum absolute atomic E-state index is 11.8. The number of hydrogen-bond donors (Lipinski definition) is 1. The van der Waals surface area contributed by atoms with Crippen molar-refractivity contribution in [2.45, 2.75) is 4.21 Å². The van der Waals surface area contributed by atoms with Crippen molar-refractivity contribution in [3.05, 3.63) is 14.9 Å². The quantitative estimate of drug-likeness (QED) is 0.913. The predicted octanol–water partition coefficient (Wildman–Crippen LogP) is 1.78. The summed E-state index contributed by atoms with van der Waals surface area (Å²) in [4.78, 5) is 0. The van der Waals surface area contributed by atoms with Crippen LogP contribution in [0.2, 0.25) is 5.02 Å². The molecular weight excluding hydrogens is 326 g/mol. The van der Waals surface area contributed by atoms with Crippen molar-refractivity contribution in [3.63, 3.8) is 0 Å². The van der Waals surface area contributed by atoms with Gasteiger partial charge in [-0.25, -0.2) is 8.42 Å². The highest BCUT2D eigenvalue weighted by molar-refractivity contribution is 9.11. The van der Waals surface area contributed by atoms with E-state index in [1.165, 1.54) is 13.1 Å². The Morgan fingerprint density at radius 1 is 1.67 bits per heavy atom. The summed E-state index contributed by atoms with van der Waals surface area (Å²) in [7, 11) is -2.12. The number of rotatable bonds is 4. The molecule has 0 radical (unpaired) electrons. The van der Waals surface area contributed by atoms with Crippen molar-refractivity contribution in [1.82, 2.24) is 4.31 Å². The lowest BCUT2D eigenvalue weighted by atomic mass is 10.7. The van der Waals surface area contributed by atoms with Crippen LogP contribution in [0.3, 0.4) is 0 Å². The number of thiophene rings is 1. The number of likely N-dealkylation sites (N-methyl/N-ethyl adjacent to an activating group) is 1. The van der Waals surface area contributed by atoms with Gasteiger partial charge in [-0.1, -0.05) is 11.6 Å². The van der Waals surface area contributed by atoms with Crippen molar-refractivity contribution in [2.75, 3.05) is 20.2 Å². The van der Waals surface area contributed by atoms with Crippen molar-refractivity contribution in [1.29, 1.82) is 0 Å². The molecule has 1 rings (SSSR count). The van der Waals surface area contributed by atoms with Gasteiger partial charge in [0.15, 0.2) is 0 Å². The lowest BCUT2D eigenvalue weighted by Gasteiger charge is -2.13. The molecule has 1 N–H and O–H groups in total. The molecule has 1 aromatic rings. The molecule has 0 aliphatic rings. The van der Waals surface area contributed by atoms with E-state index in [-0.39, 0.29) is 17.4 Å². The van der Waals surface area contributed by atoms with Crippen LogP contribution in [0.4, 0.5) is 0 Å². The Morgan fingerprint density at radius 3 is 2.67 bits per heavy atom. The molecule has 1 heterocycles. The minimum Gasteiger partial charge on any atom is -0.395 e. The molecule has 0 aromatic carbocycles. The van der Waals surface area contributed by atoms with E-state index in [1.54, 1.807) is 0 Å². The molecule has 0 saturated carbocycles. The van der Waals surface area contributed by atoms with Crippen LogP contribution in [0.25, 0.3) is 0 Å². The second-order valence-electron chi connectivity index (χ2n) is 2.74. The Labute approximate surface area is 106 Å². The molecule has 0 unspecified atom stereocenters. The molecule has 0 spiro atoms. The fraction of sp³-hybridized carbons (Fsp3) is 0.429. The van der Waals surface area contributed by atoms with Crippen molar-refractivity contribution < 1.29 is 13.5 Å². The molecule has 0 saturated heterocycles. The van der Waals surface area contributed by atoms with Crippen LogP contribution < -0.4 is 0 Å². The normalized spacial score (nSPS) is 12.3. The lowest BCUT2D eigenvalue weighted by Crippen LogP contribution is -2.29. The van der Waals surface area contributed by atoms with Gasteiger partial charge in [-0.15, -0.1) is 11.3 Å². The highest BCUT2D eigenvalue weighted by atomic mass is 79.9. The minimum absolute atomic E-state index is 0.0650. The minimum atomic E-state index is -3.53. The first-order valence-electron chi connectivity index (χ1n) is 3.91. The van der Waals surface area contributed by atoms with Crippen molar-refractivity contribution in [2.24, 2.45) is 0 Å². The number of halogens is 2. The van der Waals surface area contributed by atoms with E-state index >= 15 is 0 Å².